The Morgan fingerprint density at radius 1 is 1.50 bits per heavy atom. The lowest BCUT2D eigenvalue weighted by molar-refractivity contribution is -0.384. The molecule has 1 aromatic rings. The van der Waals surface area contributed by atoms with E-state index >= 15 is 0 Å². The highest BCUT2D eigenvalue weighted by Crippen LogP contribution is 2.41. The number of nitriles is 1. The highest BCUT2D eigenvalue weighted by atomic mass is 16.6. The summed E-state index contributed by atoms with van der Waals surface area (Å²) in [6, 6.07) is 3.31. The zero-order valence-corrected chi connectivity index (χ0v) is 12.2. The Morgan fingerprint density at radius 3 is 2.95 bits per heavy atom. The van der Waals surface area contributed by atoms with E-state index in [9.17, 15) is 10.1 Å². The number of nitrogens with zero attached hydrogens (tertiary/aromatic N) is 3. The van der Waals surface area contributed by atoms with E-state index in [4.69, 9.17) is 10.00 Å². The molecule has 0 amide bonds. The predicted octanol–water partition coefficient (Wildman–Crippen LogP) is 2.77. The van der Waals surface area contributed by atoms with Crippen molar-refractivity contribution in [2.45, 2.75) is 50.2 Å². The van der Waals surface area contributed by atoms with Gasteiger partial charge in [0.1, 0.15) is 11.6 Å². The summed E-state index contributed by atoms with van der Waals surface area (Å²) in [6.45, 7) is 0.656. The minimum Gasteiger partial charge on any atom is -0.375 e. The van der Waals surface area contributed by atoms with Gasteiger partial charge in [-0.1, -0.05) is 12.8 Å². The maximum atomic E-state index is 11.2. The van der Waals surface area contributed by atoms with Gasteiger partial charge in [0.05, 0.1) is 10.5 Å². The molecule has 1 aromatic heterocycles. The number of hydrogen-bond acceptors (Lipinski definition) is 6. The Hall–Kier alpha value is -2.20. The Bertz CT molecular complexity index is 620. The van der Waals surface area contributed by atoms with E-state index in [2.05, 4.69) is 10.3 Å². The lowest BCUT2D eigenvalue weighted by Gasteiger charge is -2.38. The molecule has 1 atom stereocenters. The molecule has 7 heteroatoms. The van der Waals surface area contributed by atoms with Gasteiger partial charge in [0.2, 0.25) is 5.82 Å². The Morgan fingerprint density at radius 2 is 2.27 bits per heavy atom. The van der Waals surface area contributed by atoms with Crippen LogP contribution in [0.15, 0.2) is 12.3 Å². The first-order valence-electron chi connectivity index (χ1n) is 7.57. The summed E-state index contributed by atoms with van der Waals surface area (Å²) in [5.41, 5.74) is -0.278. The first-order valence-corrected chi connectivity index (χ1v) is 7.57. The topological polar surface area (TPSA) is 101 Å². The lowest BCUT2D eigenvalue weighted by atomic mass is 9.89. The van der Waals surface area contributed by atoms with Gasteiger partial charge in [-0.2, -0.15) is 5.26 Å². The fraction of sp³-hybridized carbons (Fsp3) is 0.600. The van der Waals surface area contributed by atoms with E-state index in [1.54, 1.807) is 0 Å². The second-order valence-corrected chi connectivity index (χ2v) is 6.00. The number of pyridine rings is 1. The molecule has 1 spiro atoms. The highest BCUT2D eigenvalue weighted by Gasteiger charge is 2.40. The number of nitrogens with one attached hydrogen (secondary N) is 1. The summed E-state index contributed by atoms with van der Waals surface area (Å²) < 4.78 is 5.97. The van der Waals surface area contributed by atoms with E-state index < -0.39 is 4.92 Å². The van der Waals surface area contributed by atoms with Crippen LogP contribution in [0.2, 0.25) is 0 Å². The van der Waals surface area contributed by atoms with Crippen LogP contribution in [0.25, 0.3) is 0 Å². The third-order valence-electron chi connectivity index (χ3n) is 4.58. The zero-order chi connectivity index (χ0) is 15.6. The molecule has 1 saturated heterocycles. The quantitative estimate of drug-likeness (QED) is 0.680. The first kappa shape index (κ1) is 14.7. The first-order chi connectivity index (χ1) is 10.6. The molecule has 1 aliphatic carbocycles. The van der Waals surface area contributed by atoms with Crippen LogP contribution in [-0.2, 0) is 4.74 Å². The van der Waals surface area contributed by atoms with Crippen molar-refractivity contribution in [1.82, 2.24) is 4.98 Å². The molecule has 2 heterocycles. The molecule has 2 fully saturated rings. The second-order valence-electron chi connectivity index (χ2n) is 6.00. The number of rotatable bonds is 3. The van der Waals surface area contributed by atoms with Crippen LogP contribution in [-0.4, -0.2) is 28.2 Å². The van der Waals surface area contributed by atoms with Gasteiger partial charge >= 0.3 is 5.69 Å². The lowest BCUT2D eigenvalue weighted by Crippen LogP contribution is -2.42. The number of anilines is 1. The average Bonchev–Trinajstić information content (AvgIpc) is 2.94. The minimum absolute atomic E-state index is 0.0325. The van der Waals surface area contributed by atoms with Gasteiger partial charge in [-0.3, -0.25) is 10.1 Å². The normalized spacial score (nSPS) is 23.1. The van der Waals surface area contributed by atoms with Crippen molar-refractivity contribution in [3.8, 4) is 6.07 Å². The summed E-state index contributed by atoms with van der Waals surface area (Å²) in [5.74, 6) is 0.184. The number of hydrogen-bond donors (Lipinski definition) is 1. The molecule has 3 rings (SSSR count). The highest BCUT2D eigenvalue weighted by molar-refractivity contribution is 5.64. The van der Waals surface area contributed by atoms with Crippen molar-refractivity contribution < 1.29 is 9.66 Å². The van der Waals surface area contributed by atoms with E-state index in [1.807, 2.05) is 6.07 Å². The van der Waals surface area contributed by atoms with Crippen molar-refractivity contribution in [1.29, 1.82) is 5.26 Å². The predicted molar refractivity (Wildman–Crippen MR) is 79.4 cm³/mol. The molecule has 0 aromatic carbocycles. The maximum Gasteiger partial charge on any atom is 0.328 e. The van der Waals surface area contributed by atoms with Crippen molar-refractivity contribution in [3.63, 3.8) is 0 Å². The molecule has 1 saturated carbocycles. The molecule has 1 N–H and O–H groups in total. The van der Waals surface area contributed by atoms with Crippen molar-refractivity contribution in [2.24, 2.45) is 0 Å². The average molecular weight is 302 g/mol. The van der Waals surface area contributed by atoms with E-state index in [0.717, 1.165) is 25.7 Å². The fourth-order valence-corrected chi connectivity index (χ4v) is 3.55. The summed E-state index contributed by atoms with van der Waals surface area (Å²) in [6.07, 6.45) is 7.51. The van der Waals surface area contributed by atoms with Crippen molar-refractivity contribution in [2.75, 3.05) is 11.9 Å². The van der Waals surface area contributed by atoms with Crippen LogP contribution in [0, 0.1) is 21.4 Å². The SMILES string of the molecule is N#Cc1ccnc(NC2CCOC3(CCCC3)C2)c1[N+](=O)[O-]. The number of ether oxygens (including phenoxy) is 1. The van der Waals surface area contributed by atoms with Gasteiger partial charge in [-0.15, -0.1) is 0 Å². The van der Waals surface area contributed by atoms with Gasteiger partial charge < -0.3 is 10.1 Å². The number of nitro groups is 1. The molecular weight excluding hydrogens is 284 g/mol. The van der Waals surface area contributed by atoms with Crippen molar-refractivity contribution in [3.05, 3.63) is 27.9 Å². The monoisotopic (exact) mass is 302 g/mol. The third-order valence-corrected chi connectivity index (χ3v) is 4.58. The van der Waals surface area contributed by atoms with Gasteiger partial charge in [-0.25, -0.2) is 4.98 Å². The molecule has 116 valence electrons. The Balaban J connectivity index is 1.81. The molecule has 1 aliphatic heterocycles. The molecule has 0 radical (unpaired) electrons. The van der Waals surface area contributed by atoms with E-state index in [-0.39, 0.29) is 28.7 Å². The molecule has 22 heavy (non-hydrogen) atoms. The van der Waals surface area contributed by atoms with Gasteiger partial charge in [0.15, 0.2) is 0 Å². The van der Waals surface area contributed by atoms with Crippen molar-refractivity contribution >= 4 is 11.5 Å². The molecule has 0 bridgehead atoms. The van der Waals surface area contributed by atoms with Crippen LogP contribution >= 0.6 is 0 Å². The summed E-state index contributed by atoms with van der Waals surface area (Å²) >= 11 is 0. The standard InChI is InChI=1S/C15H18N4O3/c16-10-11-3-7-17-14(13(11)19(20)21)18-12-4-8-22-15(9-12)5-1-2-6-15/h3,7,12H,1-2,4-6,8-9H2,(H,17,18). The Kier molecular flexibility index (Phi) is 3.94. The third kappa shape index (κ3) is 2.74. The van der Waals surface area contributed by atoms with E-state index in [0.29, 0.717) is 6.61 Å². The minimum atomic E-state index is -0.543. The summed E-state index contributed by atoms with van der Waals surface area (Å²) in [5, 5.41) is 23.5. The summed E-state index contributed by atoms with van der Waals surface area (Å²) in [4.78, 5) is 14.8. The fourth-order valence-electron chi connectivity index (χ4n) is 3.55. The van der Waals surface area contributed by atoms with Crippen LogP contribution < -0.4 is 5.32 Å². The van der Waals surface area contributed by atoms with Crippen LogP contribution in [0.1, 0.15) is 44.1 Å². The molecule has 1 unspecified atom stereocenters. The van der Waals surface area contributed by atoms with E-state index in [1.165, 1.54) is 25.1 Å². The van der Waals surface area contributed by atoms with Gasteiger partial charge in [-0.05, 0) is 31.7 Å². The summed E-state index contributed by atoms with van der Waals surface area (Å²) in [7, 11) is 0. The maximum absolute atomic E-state index is 11.2. The largest absolute Gasteiger partial charge is 0.375 e. The zero-order valence-electron chi connectivity index (χ0n) is 12.2. The molecular formula is C15H18N4O3. The number of aromatic nitrogens is 1. The molecule has 7 nitrogen and oxygen atoms in total. The Labute approximate surface area is 128 Å². The second kappa shape index (κ2) is 5.89. The van der Waals surface area contributed by atoms with Gasteiger partial charge in [0.25, 0.3) is 0 Å². The van der Waals surface area contributed by atoms with Crippen LogP contribution in [0.4, 0.5) is 11.5 Å². The van der Waals surface area contributed by atoms with Crippen LogP contribution in [0.5, 0.6) is 0 Å². The smallest absolute Gasteiger partial charge is 0.328 e. The van der Waals surface area contributed by atoms with Gasteiger partial charge in [0, 0.05) is 18.8 Å². The molecule has 2 aliphatic rings. The van der Waals surface area contributed by atoms with Crippen LogP contribution in [0.3, 0.4) is 0 Å².